The second-order valence-corrected chi connectivity index (χ2v) is 9.88. The minimum atomic E-state index is -0.150. The lowest BCUT2D eigenvalue weighted by Crippen LogP contribution is -2.27. The molecule has 1 aromatic carbocycles. The molecule has 1 N–H and O–H groups in total. The van der Waals surface area contributed by atoms with Crippen LogP contribution in [0.1, 0.15) is 49.1 Å². The van der Waals surface area contributed by atoms with Gasteiger partial charge in [-0.2, -0.15) is 0 Å². The number of ether oxygens (including phenoxy) is 1. The van der Waals surface area contributed by atoms with E-state index < -0.39 is 0 Å². The zero-order valence-electron chi connectivity index (χ0n) is 18.1. The van der Waals surface area contributed by atoms with E-state index in [1.165, 1.54) is 11.8 Å². The average molecular weight is 458 g/mol. The van der Waals surface area contributed by atoms with Gasteiger partial charge in [0.05, 0.1) is 23.4 Å². The van der Waals surface area contributed by atoms with Crippen molar-refractivity contribution in [1.29, 1.82) is 0 Å². The second-order valence-electron chi connectivity index (χ2n) is 7.74. The molecule has 1 fully saturated rings. The molecule has 0 spiro atoms. The fourth-order valence-corrected chi connectivity index (χ4v) is 5.98. The summed E-state index contributed by atoms with van der Waals surface area (Å²) in [6.07, 6.45) is 4.21. The molecule has 0 aliphatic heterocycles. The van der Waals surface area contributed by atoms with Crippen molar-refractivity contribution in [3.8, 4) is 5.75 Å². The van der Waals surface area contributed by atoms with Gasteiger partial charge in [-0.1, -0.05) is 36.7 Å². The molecular weight excluding hydrogens is 430 g/mol. The summed E-state index contributed by atoms with van der Waals surface area (Å²) in [7, 11) is 0. The molecular formula is C23H27N3O3S2. The highest BCUT2D eigenvalue weighted by atomic mass is 32.2. The number of fused-ring (bicyclic) bond motifs is 1. The van der Waals surface area contributed by atoms with Crippen molar-refractivity contribution in [2.75, 3.05) is 17.7 Å². The number of thioether (sulfide) groups is 1. The standard InChI is InChI=1S/C23H27N3O3S2/c1-4-29-18-12-8-7-11-17(18)24-19(27)13-30-23-25-21-20(14(2)15(3)31-21)22(28)26(23)16-9-5-6-10-16/h7-8,11-12,16H,4-6,9-10,13H2,1-3H3,(H,24,27). The maximum atomic E-state index is 13.4. The molecule has 2 heterocycles. The summed E-state index contributed by atoms with van der Waals surface area (Å²) in [5, 5.41) is 4.29. The molecule has 1 saturated carbocycles. The summed E-state index contributed by atoms with van der Waals surface area (Å²) in [5.41, 5.74) is 1.70. The lowest BCUT2D eigenvalue weighted by molar-refractivity contribution is -0.113. The van der Waals surface area contributed by atoms with Gasteiger partial charge in [0.25, 0.3) is 5.56 Å². The van der Waals surface area contributed by atoms with Crippen molar-refractivity contribution < 1.29 is 9.53 Å². The molecule has 8 heteroatoms. The topological polar surface area (TPSA) is 73.2 Å². The molecule has 1 amide bonds. The van der Waals surface area contributed by atoms with Crippen LogP contribution >= 0.6 is 23.1 Å². The summed E-state index contributed by atoms with van der Waals surface area (Å²) in [6, 6.07) is 7.55. The Labute approximate surface area is 190 Å². The van der Waals surface area contributed by atoms with Gasteiger partial charge in [0.2, 0.25) is 5.91 Å². The number of hydrogen-bond acceptors (Lipinski definition) is 6. The smallest absolute Gasteiger partial charge is 0.263 e. The lowest BCUT2D eigenvalue weighted by Gasteiger charge is -2.18. The van der Waals surface area contributed by atoms with Crippen LogP contribution in [0.3, 0.4) is 0 Å². The van der Waals surface area contributed by atoms with Crippen LogP contribution < -0.4 is 15.6 Å². The van der Waals surface area contributed by atoms with Gasteiger partial charge < -0.3 is 10.1 Å². The van der Waals surface area contributed by atoms with Gasteiger partial charge in [0, 0.05) is 10.9 Å². The van der Waals surface area contributed by atoms with Crippen LogP contribution in [0.2, 0.25) is 0 Å². The van der Waals surface area contributed by atoms with Crippen LogP contribution in [-0.2, 0) is 4.79 Å². The summed E-state index contributed by atoms with van der Waals surface area (Å²) in [6.45, 7) is 6.45. The fourth-order valence-electron chi connectivity index (χ4n) is 4.04. The average Bonchev–Trinajstić information content (AvgIpc) is 3.37. The molecule has 2 aromatic heterocycles. The number of aryl methyl sites for hydroxylation is 2. The molecule has 4 rings (SSSR count). The Morgan fingerprint density at radius 2 is 2.03 bits per heavy atom. The summed E-state index contributed by atoms with van der Waals surface area (Å²) in [4.78, 5) is 32.8. The molecule has 1 aliphatic rings. The SMILES string of the molecule is CCOc1ccccc1NC(=O)CSc1nc2sc(C)c(C)c2c(=O)n1C1CCCC1. The van der Waals surface area contributed by atoms with Crippen LogP contribution in [0.15, 0.2) is 34.2 Å². The molecule has 31 heavy (non-hydrogen) atoms. The Morgan fingerprint density at radius 3 is 2.77 bits per heavy atom. The van der Waals surface area contributed by atoms with Crippen molar-refractivity contribution in [2.24, 2.45) is 0 Å². The van der Waals surface area contributed by atoms with Crippen molar-refractivity contribution in [3.05, 3.63) is 45.1 Å². The number of carbonyl (C=O) groups is 1. The Bertz CT molecular complexity index is 1160. The highest BCUT2D eigenvalue weighted by Crippen LogP contribution is 2.34. The number of hydrogen-bond donors (Lipinski definition) is 1. The van der Waals surface area contributed by atoms with E-state index in [-0.39, 0.29) is 23.3 Å². The first-order valence-corrected chi connectivity index (χ1v) is 12.5. The molecule has 0 saturated heterocycles. The summed E-state index contributed by atoms with van der Waals surface area (Å²) < 4.78 is 7.43. The predicted molar refractivity (Wildman–Crippen MR) is 128 cm³/mol. The fraction of sp³-hybridized carbons (Fsp3) is 0.435. The van der Waals surface area contributed by atoms with Crippen molar-refractivity contribution in [2.45, 2.75) is 57.7 Å². The minimum Gasteiger partial charge on any atom is -0.492 e. The normalized spacial score (nSPS) is 14.3. The van der Waals surface area contributed by atoms with Gasteiger partial charge in [-0.15, -0.1) is 11.3 Å². The third-order valence-electron chi connectivity index (χ3n) is 5.69. The number of nitrogens with zero attached hydrogens (tertiary/aromatic N) is 2. The van der Waals surface area contributed by atoms with E-state index in [0.717, 1.165) is 46.3 Å². The van der Waals surface area contributed by atoms with E-state index in [1.807, 2.05) is 49.6 Å². The van der Waals surface area contributed by atoms with E-state index in [9.17, 15) is 9.59 Å². The Hall–Kier alpha value is -2.32. The Balaban J connectivity index is 1.60. The zero-order chi connectivity index (χ0) is 22.0. The zero-order valence-corrected chi connectivity index (χ0v) is 19.7. The van der Waals surface area contributed by atoms with Crippen molar-refractivity contribution in [1.82, 2.24) is 9.55 Å². The van der Waals surface area contributed by atoms with Crippen molar-refractivity contribution >= 4 is 44.9 Å². The predicted octanol–water partition coefficient (Wildman–Crippen LogP) is 5.32. The van der Waals surface area contributed by atoms with E-state index in [4.69, 9.17) is 9.72 Å². The first-order chi connectivity index (χ1) is 15.0. The summed E-state index contributed by atoms with van der Waals surface area (Å²) >= 11 is 2.88. The van der Waals surface area contributed by atoms with Gasteiger partial charge in [-0.05, 0) is 51.3 Å². The number of para-hydroxylation sites is 2. The van der Waals surface area contributed by atoms with Crippen LogP contribution in [0.25, 0.3) is 10.2 Å². The number of rotatable bonds is 7. The largest absolute Gasteiger partial charge is 0.492 e. The molecule has 0 unspecified atom stereocenters. The van der Waals surface area contributed by atoms with Crippen LogP contribution in [0, 0.1) is 13.8 Å². The van der Waals surface area contributed by atoms with Crippen molar-refractivity contribution in [3.63, 3.8) is 0 Å². The Kier molecular flexibility index (Phi) is 6.67. The van der Waals surface area contributed by atoms with Crippen LogP contribution in [-0.4, -0.2) is 27.8 Å². The van der Waals surface area contributed by atoms with E-state index in [1.54, 1.807) is 11.3 Å². The van der Waals surface area contributed by atoms with E-state index >= 15 is 0 Å². The monoisotopic (exact) mass is 457 g/mol. The number of anilines is 1. The second kappa shape index (κ2) is 9.44. The number of amides is 1. The number of carbonyl (C=O) groups excluding carboxylic acids is 1. The Morgan fingerprint density at radius 1 is 1.29 bits per heavy atom. The molecule has 164 valence electrons. The van der Waals surface area contributed by atoms with Gasteiger partial charge in [-0.3, -0.25) is 14.2 Å². The van der Waals surface area contributed by atoms with Crippen LogP contribution in [0.4, 0.5) is 5.69 Å². The minimum absolute atomic E-state index is 0.0309. The molecule has 3 aromatic rings. The lowest BCUT2D eigenvalue weighted by atomic mass is 10.2. The first-order valence-electron chi connectivity index (χ1n) is 10.7. The molecule has 0 bridgehead atoms. The number of nitrogens with one attached hydrogen (secondary N) is 1. The number of aromatic nitrogens is 2. The highest BCUT2D eigenvalue weighted by molar-refractivity contribution is 7.99. The highest BCUT2D eigenvalue weighted by Gasteiger charge is 2.25. The van der Waals surface area contributed by atoms with E-state index in [0.29, 0.717) is 23.2 Å². The van der Waals surface area contributed by atoms with Gasteiger partial charge in [-0.25, -0.2) is 4.98 Å². The van der Waals surface area contributed by atoms with Gasteiger partial charge in [0.15, 0.2) is 5.16 Å². The number of thiophene rings is 1. The molecule has 6 nitrogen and oxygen atoms in total. The maximum absolute atomic E-state index is 13.4. The third-order valence-corrected chi connectivity index (χ3v) is 7.74. The molecule has 1 aliphatic carbocycles. The quantitative estimate of drug-likeness (QED) is 0.384. The number of benzene rings is 1. The maximum Gasteiger partial charge on any atom is 0.263 e. The molecule has 0 atom stereocenters. The summed E-state index contributed by atoms with van der Waals surface area (Å²) in [5.74, 6) is 0.673. The van der Waals surface area contributed by atoms with Gasteiger partial charge in [0.1, 0.15) is 10.6 Å². The third kappa shape index (κ3) is 4.50. The van der Waals surface area contributed by atoms with Crippen LogP contribution in [0.5, 0.6) is 5.75 Å². The first kappa shape index (κ1) is 21.9. The van der Waals surface area contributed by atoms with E-state index in [2.05, 4.69) is 5.32 Å². The molecule has 0 radical (unpaired) electrons. The van der Waals surface area contributed by atoms with Gasteiger partial charge >= 0.3 is 0 Å².